The summed E-state index contributed by atoms with van der Waals surface area (Å²) in [5, 5.41) is 13.8. The van der Waals surface area contributed by atoms with E-state index in [-0.39, 0.29) is 0 Å². The third kappa shape index (κ3) is 2.71. The molecule has 0 amide bonds. The van der Waals surface area contributed by atoms with E-state index >= 15 is 0 Å². The molecule has 0 radical (unpaired) electrons. The molecule has 6 rings (SSSR count). The first kappa shape index (κ1) is 16.1. The number of nitrogens with zero attached hydrogens (tertiary/aromatic N) is 5. The van der Waals surface area contributed by atoms with E-state index in [0.717, 1.165) is 53.1 Å². The minimum atomic E-state index is 0.549. The predicted molar refractivity (Wildman–Crippen MR) is 103 cm³/mol. The molecule has 27 heavy (non-hydrogen) atoms. The molecule has 3 aromatic heterocycles. The number of hydrogen-bond donors (Lipinski definition) is 0. The van der Waals surface area contributed by atoms with Crippen molar-refractivity contribution < 1.29 is 4.74 Å². The van der Waals surface area contributed by atoms with Gasteiger partial charge < -0.3 is 9.64 Å². The van der Waals surface area contributed by atoms with Crippen molar-refractivity contribution in [2.45, 2.75) is 19.8 Å². The van der Waals surface area contributed by atoms with Crippen molar-refractivity contribution in [1.82, 2.24) is 14.6 Å². The fourth-order valence-electron chi connectivity index (χ4n) is 4.43. The second kappa shape index (κ2) is 6.27. The lowest BCUT2D eigenvalue weighted by atomic mass is 9.71. The first-order valence-electron chi connectivity index (χ1n) is 9.50. The van der Waals surface area contributed by atoms with Gasteiger partial charge in [-0.05, 0) is 49.8 Å². The van der Waals surface area contributed by atoms with Gasteiger partial charge in [0.15, 0.2) is 0 Å². The molecule has 1 aliphatic carbocycles. The molecule has 1 saturated carbocycles. The Hall–Kier alpha value is -3.07. The largest absolute Gasteiger partial charge is 0.492 e. The molecule has 0 aromatic carbocycles. The van der Waals surface area contributed by atoms with E-state index in [2.05, 4.69) is 28.2 Å². The quantitative estimate of drug-likeness (QED) is 0.713. The molecule has 6 heteroatoms. The first-order valence-corrected chi connectivity index (χ1v) is 9.50. The Bertz CT molecular complexity index is 1020. The fraction of sp³-hybridized carbons (Fsp3) is 0.381. The van der Waals surface area contributed by atoms with Gasteiger partial charge in [0.1, 0.15) is 17.6 Å². The molecule has 5 heterocycles. The van der Waals surface area contributed by atoms with Crippen molar-refractivity contribution in [1.29, 1.82) is 5.26 Å². The Morgan fingerprint density at radius 1 is 1.22 bits per heavy atom. The van der Waals surface area contributed by atoms with Crippen molar-refractivity contribution in [2.24, 2.45) is 11.8 Å². The molecular weight excluding hydrogens is 338 g/mol. The number of piperidine rings is 2. The standard InChI is InChI=1S/C21H21N5O/c1-2-27-18-7-19(21-17(8-22)10-24-26(21)13-18)16-3-4-20(23-9-16)25-11-14-5-15(6-14)12-25/h3-4,7,9-10,13-15H,2,5-6,11-12H2,1H3. The Balaban J connectivity index is 1.54. The van der Waals surface area contributed by atoms with Gasteiger partial charge in [0.2, 0.25) is 0 Å². The summed E-state index contributed by atoms with van der Waals surface area (Å²) in [6.45, 7) is 4.77. The maximum atomic E-state index is 9.45. The Morgan fingerprint density at radius 2 is 2.04 bits per heavy atom. The summed E-state index contributed by atoms with van der Waals surface area (Å²) in [6, 6.07) is 8.37. The van der Waals surface area contributed by atoms with E-state index in [1.165, 1.54) is 12.8 Å². The zero-order chi connectivity index (χ0) is 18.4. The summed E-state index contributed by atoms with van der Waals surface area (Å²) in [5.74, 6) is 3.46. The van der Waals surface area contributed by atoms with Crippen LogP contribution in [0, 0.1) is 23.2 Å². The molecule has 0 atom stereocenters. The SMILES string of the molecule is CCOc1cc(-c2ccc(N3CC4CC(C4)C3)nc2)c2c(C#N)cnn2c1. The minimum absolute atomic E-state index is 0.549. The molecule has 2 aliphatic heterocycles. The highest BCUT2D eigenvalue weighted by atomic mass is 16.5. The summed E-state index contributed by atoms with van der Waals surface area (Å²) in [6.07, 6.45) is 8.07. The minimum Gasteiger partial charge on any atom is -0.492 e. The summed E-state index contributed by atoms with van der Waals surface area (Å²) in [4.78, 5) is 7.13. The zero-order valence-corrected chi connectivity index (χ0v) is 15.3. The molecule has 3 aromatic rings. The van der Waals surface area contributed by atoms with Crippen LogP contribution in [0.1, 0.15) is 25.3 Å². The van der Waals surface area contributed by atoms with Crippen LogP contribution in [-0.2, 0) is 0 Å². The highest BCUT2D eigenvalue weighted by molar-refractivity contribution is 5.85. The van der Waals surface area contributed by atoms with E-state index in [1.54, 1.807) is 10.7 Å². The Morgan fingerprint density at radius 3 is 2.70 bits per heavy atom. The van der Waals surface area contributed by atoms with Crippen LogP contribution in [0.2, 0.25) is 0 Å². The topological polar surface area (TPSA) is 66.5 Å². The van der Waals surface area contributed by atoms with E-state index < -0.39 is 0 Å². The van der Waals surface area contributed by atoms with Gasteiger partial charge in [-0.15, -0.1) is 0 Å². The average Bonchev–Trinajstić information content (AvgIpc) is 3.10. The van der Waals surface area contributed by atoms with Crippen LogP contribution >= 0.6 is 0 Å². The molecular formula is C21H21N5O. The van der Waals surface area contributed by atoms with Crippen molar-refractivity contribution in [2.75, 3.05) is 24.6 Å². The van der Waals surface area contributed by atoms with Gasteiger partial charge in [-0.1, -0.05) is 0 Å². The van der Waals surface area contributed by atoms with Gasteiger partial charge in [-0.3, -0.25) is 0 Å². The number of rotatable bonds is 4. The van der Waals surface area contributed by atoms with Crippen molar-refractivity contribution in [3.8, 4) is 22.9 Å². The molecule has 0 N–H and O–H groups in total. The molecule has 6 nitrogen and oxygen atoms in total. The van der Waals surface area contributed by atoms with E-state index in [1.807, 2.05) is 25.4 Å². The van der Waals surface area contributed by atoms with Crippen molar-refractivity contribution in [3.05, 3.63) is 42.4 Å². The molecule has 136 valence electrons. The van der Waals surface area contributed by atoms with Crippen molar-refractivity contribution in [3.63, 3.8) is 0 Å². The summed E-state index contributed by atoms with van der Waals surface area (Å²) >= 11 is 0. The second-order valence-electron chi connectivity index (χ2n) is 7.50. The second-order valence-corrected chi connectivity index (χ2v) is 7.50. The third-order valence-corrected chi connectivity index (χ3v) is 5.69. The number of anilines is 1. The molecule has 2 saturated heterocycles. The van der Waals surface area contributed by atoms with Crippen LogP contribution in [0.25, 0.3) is 16.6 Å². The Kier molecular flexibility index (Phi) is 3.75. The maximum absolute atomic E-state index is 9.45. The lowest BCUT2D eigenvalue weighted by molar-refractivity contribution is 0.158. The zero-order valence-electron chi connectivity index (χ0n) is 15.3. The van der Waals surface area contributed by atoms with Crippen LogP contribution in [-0.4, -0.2) is 34.3 Å². The van der Waals surface area contributed by atoms with Gasteiger partial charge >= 0.3 is 0 Å². The van der Waals surface area contributed by atoms with Gasteiger partial charge in [0, 0.05) is 30.4 Å². The molecule has 0 unspecified atom stereocenters. The van der Waals surface area contributed by atoms with Crippen LogP contribution in [0.5, 0.6) is 5.75 Å². The fourth-order valence-corrected chi connectivity index (χ4v) is 4.43. The van der Waals surface area contributed by atoms with Gasteiger partial charge in [-0.2, -0.15) is 10.4 Å². The molecule has 3 fully saturated rings. The monoisotopic (exact) mass is 359 g/mol. The van der Waals surface area contributed by atoms with E-state index in [4.69, 9.17) is 9.72 Å². The van der Waals surface area contributed by atoms with Crippen LogP contribution in [0.4, 0.5) is 5.82 Å². The Labute approximate surface area is 158 Å². The van der Waals surface area contributed by atoms with Gasteiger partial charge in [0.05, 0.1) is 30.1 Å². The molecule has 2 bridgehead atoms. The smallest absolute Gasteiger partial charge is 0.138 e. The number of hydrogen-bond acceptors (Lipinski definition) is 5. The number of aromatic nitrogens is 3. The summed E-state index contributed by atoms with van der Waals surface area (Å²) in [5.41, 5.74) is 3.21. The lowest BCUT2D eigenvalue weighted by Crippen LogP contribution is -2.48. The number of pyridine rings is 2. The highest BCUT2D eigenvalue weighted by Gasteiger charge is 2.37. The third-order valence-electron chi connectivity index (χ3n) is 5.69. The number of fused-ring (bicyclic) bond motifs is 3. The van der Waals surface area contributed by atoms with Gasteiger partial charge in [-0.25, -0.2) is 9.50 Å². The van der Waals surface area contributed by atoms with Crippen LogP contribution in [0.3, 0.4) is 0 Å². The summed E-state index contributed by atoms with van der Waals surface area (Å²) < 4.78 is 7.40. The maximum Gasteiger partial charge on any atom is 0.138 e. The first-order chi connectivity index (χ1) is 13.2. The molecule has 0 spiro atoms. The number of ether oxygens (including phenoxy) is 1. The van der Waals surface area contributed by atoms with Crippen molar-refractivity contribution >= 4 is 11.3 Å². The number of nitriles is 1. The van der Waals surface area contributed by atoms with Crippen LogP contribution in [0.15, 0.2) is 36.8 Å². The highest BCUT2D eigenvalue weighted by Crippen LogP contribution is 2.41. The van der Waals surface area contributed by atoms with E-state index in [9.17, 15) is 5.26 Å². The predicted octanol–water partition coefficient (Wildman–Crippen LogP) is 3.51. The normalized spacial score (nSPS) is 21.0. The van der Waals surface area contributed by atoms with E-state index in [0.29, 0.717) is 12.2 Å². The lowest BCUT2D eigenvalue weighted by Gasteiger charge is -2.47. The van der Waals surface area contributed by atoms with Gasteiger partial charge in [0.25, 0.3) is 0 Å². The van der Waals surface area contributed by atoms with Crippen LogP contribution < -0.4 is 9.64 Å². The molecule has 3 aliphatic rings. The average molecular weight is 359 g/mol. The summed E-state index contributed by atoms with van der Waals surface area (Å²) in [7, 11) is 0.